The highest BCUT2D eigenvalue weighted by Gasteiger charge is 2.60. The number of aliphatic hydroxyl groups excluding tert-OH is 1. The van der Waals surface area contributed by atoms with Gasteiger partial charge in [0.1, 0.15) is 5.70 Å². The van der Waals surface area contributed by atoms with Gasteiger partial charge in [-0.2, -0.15) is 4.68 Å². The summed E-state index contributed by atoms with van der Waals surface area (Å²) in [7, 11) is 4.05. The molecule has 0 radical (unpaired) electrons. The maximum atomic E-state index is 12.5. The van der Waals surface area contributed by atoms with Gasteiger partial charge < -0.3 is 20.4 Å². The van der Waals surface area contributed by atoms with Gasteiger partial charge in [-0.1, -0.05) is 6.92 Å². The standard InChI is InChI=1S/C20H28N4O4S/c1-10-16-15(11(2)25)19(26)24(16)17(20(27)28)18(10)29-14-8-12(21-9-14)7-13-5-6-22(3)23(13)4/h5-6,10-12,14-16,21,25H,7-9H2,1-4H3/p+1/t10-,11-,12-,14+,15-,16-/m1/s1. The number of hydrogen-bond acceptors (Lipinski definition) is 5. The summed E-state index contributed by atoms with van der Waals surface area (Å²) in [4.78, 5) is 26.6. The van der Waals surface area contributed by atoms with Crippen molar-refractivity contribution in [3.8, 4) is 0 Å². The summed E-state index contributed by atoms with van der Waals surface area (Å²) in [6, 6.07) is 2.22. The van der Waals surface area contributed by atoms with Crippen LogP contribution in [0.5, 0.6) is 0 Å². The Morgan fingerprint density at radius 3 is 2.79 bits per heavy atom. The van der Waals surface area contributed by atoms with E-state index in [0.717, 1.165) is 24.3 Å². The van der Waals surface area contributed by atoms with Crippen molar-refractivity contribution in [2.45, 2.75) is 50.1 Å². The van der Waals surface area contributed by atoms with Crippen LogP contribution < -0.4 is 10.00 Å². The highest BCUT2D eigenvalue weighted by atomic mass is 32.2. The topological polar surface area (TPSA) is 98.7 Å². The lowest BCUT2D eigenvalue weighted by Crippen LogP contribution is -2.63. The fraction of sp³-hybridized carbons (Fsp3) is 0.650. The van der Waals surface area contributed by atoms with Crippen LogP contribution in [0, 0.1) is 11.8 Å². The van der Waals surface area contributed by atoms with Crippen LogP contribution in [-0.4, -0.2) is 61.7 Å². The predicted molar refractivity (Wildman–Crippen MR) is 108 cm³/mol. The SMILES string of the molecule is C[C@@H](O)[C@H]1C(=O)N2C(C(=O)O)=C(S[C@@H]3CN[C@H](Cc4cc[n+](C)n4C)C3)[C@H](C)[C@H]12. The Kier molecular flexibility index (Phi) is 5.25. The fourth-order valence-electron chi connectivity index (χ4n) is 4.94. The van der Waals surface area contributed by atoms with Crippen LogP contribution in [0.25, 0.3) is 0 Å². The summed E-state index contributed by atoms with van der Waals surface area (Å²) in [5.41, 5.74) is 1.37. The molecule has 3 aliphatic heterocycles. The van der Waals surface area contributed by atoms with Gasteiger partial charge in [-0.05, 0) is 13.3 Å². The Balaban J connectivity index is 1.47. The van der Waals surface area contributed by atoms with E-state index in [1.807, 2.05) is 31.9 Å². The molecule has 8 nitrogen and oxygen atoms in total. The Morgan fingerprint density at radius 1 is 1.48 bits per heavy atom. The Hall–Kier alpha value is -1.84. The Morgan fingerprint density at radius 2 is 2.21 bits per heavy atom. The minimum atomic E-state index is -1.06. The molecule has 0 saturated carbocycles. The van der Waals surface area contributed by atoms with E-state index < -0.39 is 18.0 Å². The van der Waals surface area contributed by atoms with Crippen LogP contribution in [0.2, 0.25) is 0 Å². The van der Waals surface area contributed by atoms with E-state index >= 15 is 0 Å². The largest absolute Gasteiger partial charge is 0.477 e. The third-order valence-corrected chi connectivity index (χ3v) is 8.12. The Labute approximate surface area is 174 Å². The lowest BCUT2D eigenvalue weighted by atomic mass is 9.79. The molecular weight excluding hydrogens is 392 g/mol. The molecule has 29 heavy (non-hydrogen) atoms. The molecule has 1 aromatic heterocycles. The zero-order valence-corrected chi connectivity index (χ0v) is 18.0. The second-order valence-electron chi connectivity index (χ2n) is 8.46. The number of carboxylic acid groups (broad SMARTS) is 1. The molecule has 0 aromatic carbocycles. The molecule has 0 aliphatic carbocycles. The normalized spacial score (nSPS) is 32.5. The van der Waals surface area contributed by atoms with Gasteiger partial charge in [0.2, 0.25) is 5.91 Å². The first-order valence-corrected chi connectivity index (χ1v) is 11.0. The molecule has 2 saturated heterocycles. The fourth-order valence-corrected chi connectivity index (χ4v) is 6.46. The summed E-state index contributed by atoms with van der Waals surface area (Å²) >= 11 is 1.60. The van der Waals surface area contributed by atoms with Gasteiger partial charge in [0.25, 0.3) is 0 Å². The van der Waals surface area contributed by atoms with Crippen molar-refractivity contribution >= 4 is 23.6 Å². The molecule has 1 amide bonds. The number of nitrogens with zero attached hydrogens (tertiary/aromatic N) is 3. The van der Waals surface area contributed by atoms with Gasteiger partial charge in [-0.25, -0.2) is 4.79 Å². The van der Waals surface area contributed by atoms with Crippen LogP contribution in [0.4, 0.5) is 0 Å². The van der Waals surface area contributed by atoms with Gasteiger partial charge in [-0.3, -0.25) is 4.79 Å². The number of thioether (sulfide) groups is 1. The lowest BCUT2D eigenvalue weighted by Gasteiger charge is -2.46. The molecule has 4 heterocycles. The minimum Gasteiger partial charge on any atom is -0.477 e. The van der Waals surface area contributed by atoms with Gasteiger partial charge in [0.05, 0.1) is 30.8 Å². The molecule has 158 valence electrons. The van der Waals surface area contributed by atoms with Crippen molar-refractivity contribution in [3.05, 3.63) is 28.6 Å². The van der Waals surface area contributed by atoms with Crippen molar-refractivity contribution in [1.29, 1.82) is 0 Å². The first-order chi connectivity index (χ1) is 13.7. The quantitative estimate of drug-likeness (QED) is 0.442. The smallest absolute Gasteiger partial charge is 0.353 e. The number of nitrogens with one attached hydrogen (secondary N) is 1. The van der Waals surface area contributed by atoms with E-state index in [2.05, 4.69) is 16.1 Å². The number of carbonyl (C=O) groups excluding carboxylic acids is 1. The van der Waals surface area contributed by atoms with Crippen molar-refractivity contribution in [2.24, 2.45) is 25.9 Å². The second-order valence-corrected chi connectivity index (χ2v) is 9.80. The average Bonchev–Trinajstić information content (AvgIpc) is 3.28. The molecular formula is C20H29N4O4S+. The molecule has 3 aliphatic rings. The first-order valence-electron chi connectivity index (χ1n) is 10.1. The van der Waals surface area contributed by atoms with Crippen LogP contribution in [0.3, 0.4) is 0 Å². The zero-order valence-electron chi connectivity index (χ0n) is 17.2. The van der Waals surface area contributed by atoms with E-state index in [-0.39, 0.29) is 28.8 Å². The molecule has 6 atom stereocenters. The van der Waals surface area contributed by atoms with E-state index in [1.54, 1.807) is 18.7 Å². The number of amides is 1. The second kappa shape index (κ2) is 7.45. The number of hydrogen-bond donors (Lipinski definition) is 3. The number of aryl methyl sites for hydroxylation is 1. The van der Waals surface area contributed by atoms with E-state index in [1.165, 1.54) is 10.6 Å². The predicted octanol–water partition coefficient (Wildman–Crippen LogP) is 0.00950. The molecule has 4 rings (SSSR count). The van der Waals surface area contributed by atoms with Gasteiger partial charge in [-0.15, -0.1) is 16.4 Å². The maximum absolute atomic E-state index is 12.5. The summed E-state index contributed by atoms with van der Waals surface area (Å²) < 4.78 is 4.17. The van der Waals surface area contributed by atoms with Crippen LogP contribution in [0.15, 0.2) is 22.9 Å². The molecule has 3 N–H and O–H groups in total. The minimum absolute atomic E-state index is 0.0747. The Bertz CT molecular complexity index is 880. The number of aliphatic carboxylic acids is 1. The molecule has 9 heteroatoms. The number of aromatic nitrogens is 2. The van der Waals surface area contributed by atoms with Gasteiger partial charge in [0, 0.05) is 41.1 Å². The lowest BCUT2D eigenvalue weighted by molar-refractivity contribution is -0.751. The van der Waals surface area contributed by atoms with Crippen molar-refractivity contribution in [1.82, 2.24) is 14.9 Å². The van der Waals surface area contributed by atoms with Crippen molar-refractivity contribution in [3.63, 3.8) is 0 Å². The van der Waals surface area contributed by atoms with Crippen LogP contribution >= 0.6 is 11.8 Å². The monoisotopic (exact) mass is 421 g/mol. The third kappa shape index (κ3) is 3.29. The summed E-state index contributed by atoms with van der Waals surface area (Å²) in [5.74, 6) is -1.92. The van der Waals surface area contributed by atoms with E-state index in [9.17, 15) is 19.8 Å². The van der Waals surface area contributed by atoms with Crippen molar-refractivity contribution < 1.29 is 24.5 Å². The molecule has 0 bridgehead atoms. The highest BCUT2D eigenvalue weighted by molar-refractivity contribution is 8.03. The number of fused-ring (bicyclic) bond motifs is 1. The highest BCUT2D eigenvalue weighted by Crippen LogP contribution is 2.51. The summed E-state index contributed by atoms with van der Waals surface area (Å²) in [6.07, 6.45) is 3.14. The van der Waals surface area contributed by atoms with Crippen LogP contribution in [-0.2, 0) is 30.1 Å². The summed E-state index contributed by atoms with van der Waals surface area (Å²) in [5, 5.41) is 23.6. The summed E-state index contributed by atoms with van der Waals surface area (Å²) in [6.45, 7) is 4.39. The van der Waals surface area contributed by atoms with Gasteiger partial charge >= 0.3 is 5.97 Å². The molecule has 0 spiro atoms. The number of carbonyl (C=O) groups is 2. The average molecular weight is 422 g/mol. The van der Waals surface area contributed by atoms with E-state index in [4.69, 9.17) is 0 Å². The first kappa shape index (κ1) is 20.4. The van der Waals surface area contributed by atoms with Crippen LogP contribution in [0.1, 0.15) is 26.0 Å². The third-order valence-electron chi connectivity index (χ3n) is 6.61. The number of rotatable bonds is 6. The number of aliphatic hydroxyl groups is 1. The maximum Gasteiger partial charge on any atom is 0.353 e. The zero-order chi connectivity index (χ0) is 21.0. The van der Waals surface area contributed by atoms with Gasteiger partial charge in [0.15, 0.2) is 13.2 Å². The number of carboxylic acids is 1. The number of β-lactam (4-membered cyclic amide) rings is 1. The van der Waals surface area contributed by atoms with E-state index in [0.29, 0.717) is 6.04 Å². The molecule has 0 unspecified atom stereocenters. The van der Waals surface area contributed by atoms with Crippen molar-refractivity contribution in [2.75, 3.05) is 6.54 Å². The molecule has 2 fully saturated rings. The molecule has 1 aromatic rings.